The lowest BCUT2D eigenvalue weighted by atomic mass is 10.1. The van der Waals surface area contributed by atoms with Gasteiger partial charge in [0.25, 0.3) is 0 Å². The van der Waals surface area contributed by atoms with E-state index in [1.54, 1.807) is 112 Å². The maximum Gasteiger partial charge on any atom is 0.410 e. The summed E-state index contributed by atoms with van der Waals surface area (Å²) in [6.45, 7) is 30.4. The van der Waals surface area contributed by atoms with Crippen LogP contribution in [0.25, 0.3) is 9.69 Å². The molecule has 0 bridgehead atoms. The van der Waals surface area contributed by atoms with Crippen molar-refractivity contribution < 1.29 is 53.1 Å². The lowest BCUT2D eigenvalue weighted by Crippen LogP contribution is -2.37. The molecular weight excluding hydrogens is 1130 g/mol. The van der Waals surface area contributed by atoms with Gasteiger partial charge >= 0.3 is 24.1 Å². The summed E-state index contributed by atoms with van der Waals surface area (Å²) in [6, 6.07) is 32.2. The quantitative estimate of drug-likeness (QED) is 0.0170. The average molecular weight is 1210 g/mol. The van der Waals surface area contributed by atoms with Crippen molar-refractivity contribution in [1.82, 2.24) is 19.8 Å². The normalized spacial score (nSPS) is 10.6. The molecular formula is C68H78N10O11. The second kappa shape index (κ2) is 35.8. The third kappa shape index (κ3) is 25.9. The number of carboxylic acids is 2. The number of amides is 2. The number of carbonyl (C=O) groups is 5. The van der Waals surface area contributed by atoms with E-state index in [0.717, 1.165) is 27.9 Å². The topological polar surface area (TPSA) is 289 Å². The van der Waals surface area contributed by atoms with Crippen LogP contribution in [0.1, 0.15) is 154 Å². The number of unbranched alkanes of at least 4 members (excludes halogenated alkanes) is 4. The number of aryl methyl sites for hydroxylation is 2. The highest BCUT2D eigenvalue weighted by Crippen LogP contribution is 2.32. The lowest BCUT2D eigenvalue weighted by Gasteiger charge is -2.29. The Bertz CT molecular complexity index is 3480. The Morgan fingerprint density at radius 1 is 0.618 bits per heavy atom. The molecule has 0 saturated carbocycles. The summed E-state index contributed by atoms with van der Waals surface area (Å²) in [4.78, 5) is 78.9. The van der Waals surface area contributed by atoms with Crippen LogP contribution in [0.5, 0.6) is 11.5 Å². The largest absolute Gasteiger partial charge is 0.487 e. The SMILES string of the molecule is N#Cc1ccc(N)cc1.[C-]#[N+]c1ccc(COc2c(C)ncc(C=O)c2CN(CCCCCC(=O)O)C(=O)OC(C)(C)C)cc1.[C-]#[N+]c1ccc(COc2c(C)ncc(CNc3ccc(C#N)cc3)c2CN(CCCCCC(=O)O)C(=O)OC(C)(C)C)cc1. The van der Waals surface area contributed by atoms with Crippen LogP contribution in [-0.2, 0) is 51.9 Å². The summed E-state index contributed by atoms with van der Waals surface area (Å²) in [6.07, 6.45) is 6.53. The summed E-state index contributed by atoms with van der Waals surface area (Å²) in [5, 5.41) is 38.7. The highest BCUT2D eigenvalue weighted by molar-refractivity contribution is 5.79. The van der Waals surface area contributed by atoms with Gasteiger partial charge in [-0.1, -0.05) is 61.4 Å². The monoisotopic (exact) mass is 1210 g/mol. The van der Waals surface area contributed by atoms with E-state index in [4.69, 9.17) is 58.6 Å². The molecule has 21 nitrogen and oxygen atoms in total. The molecule has 21 heteroatoms. The molecule has 0 aliphatic carbocycles. The van der Waals surface area contributed by atoms with Crippen molar-refractivity contribution in [3.8, 4) is 23.6 Å². The van der Waals surface area contributed by atoms with E-state index in [1.165, 1.54) is 11.1 Å². The minimum absolute atomic E-state index is 0.0667. The van der Waals surface area contributed by atoms with Crippen LogP contribution in [0, 0.1) is 49.7 Å². The number of carbonyl (C=O) groups excluding carboxylic acids is 3. The number of nitrogens with zero attached hydrogens (tertiary/aromatic N) is 8. The first kappa shape index (κ1) is 71.0. The van der Waals surface area contributed by atoms with E-state index in [-0.39, 0.29) is 39.1 Å². The van der Waals surface area contributed by atoms with E-state index in [2.05, 4.69) is 31.0 Å². The Morgan fingerprint density at radius 2 is 1.03 bits per heavy atom. The summed E-state index contributed by atoms with van der Waals surface area (Å²) >= 11 is 0. The Hall–Kier alpha value is -10.5. The Balaban J connectivity index is 0.000000337. The van der Waals surface area contributed by atoms with Gasteiger partial charge in [-0.15, -0.1) is 0 Å². The van der Waals surface area contributed by atoms with Crippen LogP contribution >= 0.6 is 0 Å². The van der Waals surface area contributed by atoms with Crippen molar-refractivity contribution in [2.75, 3.05) is 24.1 Å². The standard InChI is InChI=1S/C34H39N5O5.C27H33N3O6.C7H6N2/c1-24-32(43-23-26-12-14-28(36-5)15-13-26)30(27(20-37-24)21-38-29-16-10-25(19-35)11-17-29)22-39(33(42)44-34(2,3)4)18-8-6-7-9-31(40)41;1-19-25(35-18-20-10-12-22(28-5)13-11-20)23(21(17-31)15-29-19)16-30(26(34)36-27(2,3)4)14-8-6-7-9-24(32)33;8-5-6-1-3-7(9)4-2-6/h10-17,20,38H,6-9,18,21-23H2,1-4H3,(H,40,41);10-13,15,17H,6-9,14,16,18H2,1-4H3,(H,32,33);1-4H,9H2. The number of nitrogen functional groups attached to an aromatic ring is 1. The molecule has 2 aromatic heterocycles. The maximum atomic E-state index is 13.4. The minimum atomic E-state index is -0.854. The molecule has 0 radical (unpaired) electrons. The van der Waals surface area contributed by atoms with Crippen molar-refractivity contribution >= 4 is 53.2 Å². The zero-order valence-electron chi connectivity index (χ0n) is 51.8. The molecule has 2 heterocycles. The van der Waals surface area contributed by atoms with Crippen molar-refractivity contribution in [2.24, 2.45) is 0 Å². The molecule has 0 aliphatic heterocycles. The molecule has 0 aliphatic rings. The predicted octanol–water partition coefficient (Wildman–Crippen LogP) is 14.2. The summed E-state index contributed by atoms with van der Waals surface area (Å²) in [5.74, 6) is -0.732. The number of carboxylic acid groups (broad SMARTS) is 2. The number of nitrogens with two attached hydrogens (primary N) is 1. The van der Waals surface area contributed by atoms with Gasteiger partial charge in [-0.25, -0.2) is 19.3 Å². The first-order valence-corrected chi connectivity index (χ1v) is 28.8. The fraction of sp³-hybridized carbons (Fsp3) is 0.368. The smallest absolute Gasteiger partial charge is 0.410 e. The fourth-order valence-electron chi connectivity index (χ4n) is 8.38. The van der Waals surface area contributed by atoms with Crippen LogP contribution in [0.2, 0.25) is 0 Å². The molecule has 4 aromatic carbocycles. The number of aliphatic carboxylic acids is 2. The van der Waals surface area contributed by atoms with Crippen molar-refractivity contribution in [3.05, 3.63) is 188 Å². The number of hydrogen-bond acceptors (Lipinski definition) is 15. The fourth-order valence-corrected chi connectivity index (χ4v) is 8.38. The van der Waals surface area contributed by atoms with E-state index in [0.29, 0.717) is 127 Å². The van der Waals surface area contributed by atoms with Gasteiger partial charge in [-0.05, 0) is 146 Å². The highest BCUT2D eigenvalue weighted by Gasteiger charge is 2.27. The van der Waals surface area contributed by atoms with Gasteiger partial charge in [0.15, 0.2) is 17.7 Å². The van der Waals surface area contributed by atoms with Crippen LogP contribution in [0.15, 0.2) is 109 Å². The zero-order valence-corrected chi connectivity index (χ0v) is 51.8. The van der Waals surface area contributed by atoms with Crippen molar-refractivity contribution in [3.63, 3.8) is 0 Å². The molecule has 0 saturated heterocycles. The summed E-state index contributed by atoms with van der Waals surface area (Å²) in [7, 11) is 0. The third-order valence-corrected chi connectivity index (χ3v) is 13.0. The Morgan fingerprint density at radius 3 is 1.44 bits per heavy atom. The number of pyridine rings is 2. The molecule has 6 rings (SSSR count). The van der Waals surface area contributed by atoms with Crippen molar-refractivity contribution in [1.29, 1.82) is 10.5 Å². The van der Waals surface area contributed by atoms with E-state index in [9.17, 15) is 24.0 Å². The first-order valence-electron chi connectivity index (χ1n) is 28.8. The van der Waals surface area contributed by atoms with Gasteiger partial charge in [0, 0.05) is 72.9 Å². The lowest BCUT2D eigenvalue weighted by molar-refractivity contribution is -0.138. The number of anilines is 2. The summed E-state index contributed by atoms with van der Waals surface area (Å²) < 4.78 is 23.8. The van der Waals surface area contributed by atoms with E-state index in [1.807, 2.05) is 58.0 Å². The second-order valence-corrected chi connectivity index (χ2v) is 22.5. The molecule has 466 valence electrons. The average Bonchev–Trinajstić information content (AvgIpc) is 1.70. The predicted molar refractivity (Wildman–Crippen MR) is 337 cm³/mol. The van der Waals surface area contributed by atoms with E-state index >= 15 is 0 Å². The molecule has 0 atom stereocenters. The highest BCUT2D eigenvalue weighted by atomic mass is 16.6. The van der Waals surface area contributed by atoms with Gasteiger partial charge in [0.1, 0.15) is 35.9 Å². The van der Waals surface area contributed by atoms with Gasteiger partial charge < -0.3 is 50.0 Å². The molecule has 6 aromatic rings. The number of nitriles is 2. The zero-order chi connectivity index (χ0) is 65.5. The number of ether oxygens (including phenoxy) is 4. The Labute approximate surface area is 521 Å². The second-order valence-electron chi connectivity index (χ2n) is 22.5. The van der Waals surface area contributed by atoms with Gasteiger partial charge in [-0.2, -0.15) is 10.5 Å². The molecule has 2 amide bonds. The van der Waals surface area contributed by atoms with Crippen LogP contribution in [0.3, 0.4) is 0 Å². The van der Waals surface area contributed by atoms with Crippen LogP contribution in [-0.4, -0.2) is 84.7 Å². The van der Waals surface area contributed by atoms with E-state index < -0.39 is 35.3 Å². The van der Waals surface area contributed by atoms with Gasteiger partial charge in [0.2, 0.25) is 0 Å². The molecule has 0 spiro atoms. The Kier molecular flexibility index (Phi) is 28.6. The number of aldehydes is 1. The molecule has 0 unspecified atom stereocenters. The number of aromatic nitrogens is 2. The minimum Gasteiger partial charge on any atom is -0.487 e. The molecule has 89 heavy (non-hydrogen) atoms. The first-order chi connectivity index (χ1) is 42.3. The van der Waals surface area contributed by atoms with Crippen LogP contribution < -0.4 is 20.5 Å². The number of benzene rings is 4. The maximum absolute atomic E-state index is 13.4. The number of nitrogens with one attached hydrogen (secondary N) is 1. The molecule has 5 N–H and O–H groups in total. The van der Waals surface area contributed by atoms with Gasteiger partial charge in [0.05, 0.1) is 60.9 Å². The summed E-state index contributed by atoms with van der Waals surface area (Å²) in [5.41, 5.74) is 13.1. The third-order valence-electron chi connectivity index (χ3n) is 13.0. The number of hydrogen-bond donors (Lipinski definition) is 4. The van der Waals surface area contributed by atoms with Gasteiger partial charge in [-0.3, -0.25) is 24.4 Å². The molecule has 0 fully saturated rings. The van der Waals surface area contributed by atoms with Crippen molar-refractivity contribution in [2.45, 2.75) is 151 Å². The number of rotatable bonds is 26. The van der Waals surface area contributed by atoms with Crippen LogP contribution in [0.4, 0.5) is 32.3 Å².